The molecule has 5 nitrogen and oxygen atoms in total. The van der Waals surface area contributed by atoms with Gasteiger partial charge in [0.05, 0.1) is 19.8 Å². The quantitative estimate of drug-likeness (QED) is 0.263. The molecule has 1 fully saturated rings. The summed E-state index contributed by atoms with van der Waals surface area (Å²) in [5.41, 5.74) is 2.69. The monoisotopic (exact) mass is 489 g/mol. The first-order valence-electron chi connectivity index (χ1n) is 9.55. The van der Waals surface area contributed by atoms with E-state index in [1.807, 2.05) is 7.05 Å². The highest BCUT2D eigenvalue weighted by Gasteiger charge is 2.27. The first-order chi connectivity index (χ1) is 12.5. The van der Waals surface area contributed by atoms with Gasteiger partial charge >= 0.3 is 0 Å². The van der Waals surface area contributed by atoms with Crippen molar-refractivity contribution in [3.63, 3.8) is 0 Å². The number of likely N-dealkylation sites (tertiary alicyclic amines) is 1. The van der Waals surface area contributed by atoms with Crippen LogP contribution in [0.1, 0.15) is 31.4 Å². The molecule has 1 aliphatic rings. The summed E-state index contributed by atoms with van der Waals surface area (Å²) in [5, 5.41) is 3.58. The Morgan fingerprint density at radius 1 is 1.26 bits per heavy atom. The Hall–Kier alpha value is -0.860. The molecule has 1 aliphatic heterocycles. The van der Waals surface area contributed by atoms with E-state index in [0.29, 0.717) is 19.1 Å². The lowest BCUT2D eigenvalue weighted by Gasteiger charge is -2.29. The van der Waals surface area contributed by atoms with Gasteiger partial charge in [-0.05, 0) is 18.9 Å². The minimum absolute atomic E-state index is 0. The van der Waals surface area contributed by atoms with E-state index in [1.165, 1.54) is 11.1 Å². The molecule has 0 bridgehead atoms. The van der Waals surface area contributed by atoms with Crippen molar-refractivity contribution in [2.45, 2.75) is 32.6 Å². The second kappa shape index (κ2) is 11.9. The van der Waals surface area contributed by atoms with Gasteiger partial charge in [-0.3, -0.25) is 4.99 Å². The standard InChI is InChI=1S/C21H35N3O2.HI/c1-17-6-8-19(9-7-17)21(2,3)16-23-20(22-4)24-11-10-18(14-24)15-26-13-12-25-5;/h6-9,18H,10-16H2,1-5H3,(H,22,23);1H. The van der Waals surface area contributed by atoms with Gasteiger partial charge in [0.2, 0.25) is 0 Å². The molecule has 1 saturated heterocycles. The predicted molar refractivity (Wildman–Crippen MR) is 123 cm³/mol. The zero-order valence-corrected chi connectivity index (χ0v) is 19.8. The summed E-state index contributed by atoms with van der Waals surface area (Å²) in [6.45, 7) is 11.7. The van der Waals surface area contributed by atoms with E-state index in [2.05, 4.69) is 60.2 Å². The van der Waals surface area contributed by atoms with Crippen LogP contribution in [-0.4, -0.2) is 64.5 Å². The highest BCUT2D eigenvalue weighted by molar-refractivity contribution is 14.0. The highest BCUT2D eigenvalue weighted by atomic mass is 127. The molecule has 0 radical (unpaired) electrons. The molecule has 1 atom stereocenters. The summed E-state index contributed by atoms with van der Waals surface area (Å²) >= 11 is 0. The number of benzene rings is 1. The largest absolute Gasteiger partial charge is 0.382 e. The number of nitrogens with zero attached hydrogens (tertiary/aromatic N) is 2. The van der Waals surface area contributed by atoms with Crippen LogP contribution in [0.3, 0.4) is 0 Å². The normalized spacial score (nSPS) is 17.7. The summed E-state index contributed by atoms with van der Waals surface area (Å²) in [6.07, 6.45) is 1.15. The number of hydrogen-bond acceptors (Lipinski definition) is 3. The topological polar surface area (TPSA) is 46.1 Å². The maximum Gasteiger partial charge on any atom is 0.193 e. The Balaban J connectivity index is 0.00000364. The lowest BCUT2D eigenvalue weighted by atomic mass is 9.84. The number of nitrogens with one attached hydrogen (secondary N) is 1. The van der Waals surface area contributed by atoms with Gasteiger partial charge in [-0.25, -0.2) is 0 Å². The van der Waals surface area contributed by atoms with Crippen molar-refractivity contribution in [1.82, 2.24) is 10.2 Å². The molecule has 0 spiro atoms. The molecule has 154 valence electrons. The summed E-state index contributed by atoms with van der Waals surface area (Å²) in [4.78, 5) is 6.84. The Morgan fingerprint density at radius 2 is 1.96 bits per heavy atom. The third-order valence-electron chi connectivity index (χ3n) is 5.10. The van der Waals surface area contributed by atoms with Gasteiger partial charge in [0.1, 0.15) is 0 Å². The molecule has 1 unspecified atom stereocenters. The van der Waals surface area contributed by atoms with Crippen molar-refractivity contribution in [3.05, 3.63) is 35.4 Å². The van der Waals surface area contributed by atoms with Crippen LogP contribution in [0, 0.1) is 12.8 Å². The van der Waals surface area contributed by atoms with Gasteiger partial charge in [-0.1, -0.05) is 43.7 Å². The van der Waals surface area contributed by atoms with Crippen LogP contribution in [0.25, 0.3) is 0 Å². The molecule has 1 N–H and O–H groups in total. The number of guanidine groups is 1. The SMILES string of the molecule is CN=C(NCC(C)(C)c1ccc(C)cc1)N1CCC(COCCOC)C1.I. The zero-order valence-electron chi connectivity index (χ0n) is 17.5. The summed E-state index contributed by atoms with van der Waals surface area (Å²) in [5.74, 6) is 1.56. The lowest BCUT2D eigenvalue weighted by Crippen LogP contribution is -2.45. The molecule has 0 amide bonds. The molecular weight excluding hydrogens is 453 g/mol. The van der Waals surface area contributed by atoms with Crippen LogP contribution in [-0.2, 0) is 14.9 Å². The molecule has 0 saturated carbocycles. The van der Waals surface area contributed by atoms with Crippen molar-refractivity contribution < 1.29 is 9.47 Å². The average molecular weight is 489 g/mol. The zero-order chi connectivity index (χ0) is 19.0. The van der Waals surface area contributed by atoms with E-state index >= 15 is 0 Å². The van der Waals surface area contributed by atoms with Crippen LogP contribution in [0.15, 0.2) is 29.3 Å². The van der Waals surface area contributed by atoms with Gasteiger partial charge in [-0.15, -0.1) is 24.0 Å². The minimum atomic E-state index is 0. The Labute approximate surface area is 181 Å². The highest BCUT2D eigenvalue weighted by Crippen LogP contribution is 2.23. The maximum absolute atomic E-state index is 5.69. The van der Waals surface area contributed by atoms with E-state index < -0.39 is 0 Å². The van der Waals surface area contributed by atoms with Crippen LogP contribution < -0.4 is 5.32 Å². The van der Waals surface area contributed by atoms with Gasteiger partial charge in [0.15, 0.2) is 5.96 Å². The minimum Gasteiger partial charge on any atom is -0.382 e. The third kappa shape index (κ3) is 7.58. The van der Waals surface area contributed by atoms with E-state index in [4.69, 9.17) is 9.47 Å². The van der Waals surface area contributed by atoms with Gasteiger partial charge < -0.3 is 19.7 Å². The predicted octanol–water partition coefficient (Wildman–Crippen LogP) is 3.45. The van der Waals surface area contributed by atoms with Crippen LogP contribution >= 0.6 is 24.0 Å². The first-order valence-corrected chi connectivity index (χ1v) is 9.55. The van der Waals surface area contributed by atoms with Crippen molar-refractivity contribution >= 4 is 29.9 Å². The molecule has 0 aliphatic carbocycles. The maximum atomic E-state index is 5.69. The van der Waals surface area contributed by atoms with Crippen molar-refractivity contribution in [3.8, 4) is 0 Å². The fourth-order valence-corrected chi connectivity index (χ4v) is 3.29. The van der Waals surface area contributed by atoms with E-state index in [1.54, 1.807) is 7.11 Å². The fourth-order valence-electron chi connectivity index (χ4n) is 3.29. The number of aliphatic imine (C=N–C) groups is 1. The second-order valence-corrected chi connectivity index (χ2v) is 7.82. The Kier molecular flexibility index (Phi) is 10.6. The van der Waals surface area contributed by atoms with E-state index in [0.717, 1.165) is 38.6 Å². The molecule has 27 heavy (non-hydrogen) atoms. The number of hydrogen-bond donors (Lipinski definition) is 1. The van der Waals surface area contributed by atoms with E-state index in [9.17, 15) is 0 Å². The molecular formula is C21H36IN3O2. The molecule has 1 aromatic carbocycles. The molecule has 6 heteroatoms. The number of rotatable bonds is 8. The second-order valence-electron chi connectivity index (χ2n) is 7.82. The smallest absolute Gasteiger partial charge is 0.193 e. The van der Waals surface area contributed by atoms with Gasteiger partial charge in [0, 0.05) is 45.1 Å². The number of ether oxygens (including phenoxy) is 2. The first kappa shape index (κ1) is 24.2. The Morgan fingerprint density at radius 3 is 2.59 bits per heavy atom. The van der Waals surface area contributed by atoms with E-state index in [-0.39, 0.29) is 29.4 Å². The van der Waals surface area contributed by atoms with Crippen LogP contribution in [0.4, 0.5) is 0 Å². The molecule has 1 aromatic rings. The third-order valence-corrected chi connectivity index (χ3v) is 5.10. The lowest BCUT2D eigenvalue weighted by molar-refractivity contribution is 0.0536. The van der Waals surface area contributed by atoms with Crippen molar-refractivity contribution in [2.75, 3.05) is 53.6 Å². The summed E-state index contributed by atoms with van der Waals surface area (Å²) < 4.78 is 10.7. The summed E-state index contributed by atoms with van der Waals surface area (Å²) in [6, 6.07) is 8.81. The number of aryl methyl sites for hydroxylation is 1. The Bertz CT molecular complexity index is 575. The van der Waals surface area contributed by atoms with Crippen molar-refractivity contribution in [1.29, 1.82) is 0 Å². The van der Waals surface area contributed by atoms with Gasteiger partial charge in [-0.2, -0.15) is 0 Å². The van der Waals surface area contributed by atoms with Crippen LogP contribution in [0.5, 0.6) is 0 Å². The molecule has 2 rings (SSSR count). The summed E-state index contributed by atoms with van der Waals surface area (Å²) in [7, 11) is 3.57. The number of methoxy groups -OCH3 is 1. The van der Waals surface area contributed by atoms with Crippen molar-refractivity contribution in [2.24, 2.45) is 10.9 Å². The number of halogens is 1. The van der Waals surface area contributed by atoms with Gasteiger partial charge in [0.25, 0.3) is 0 Å². The average Bonchev–Trinajstić information content (AvgIpc) is 3.08. The van der Waals surface area contributed by atoms with Crippen LogP contribution in [0.2, 0.25) is 0 Å². The fraction of sp³-hybridized carbons (Fsp3) is 0.667. The molecule has 1 heterocycles. The molecule has 0 aromatic heterocycles.